The van der Waals surface area contributed by atoms with Gasteiger partial charge in [-0.1, -0.05) is 19.1 Å². The van der Waals surface area contributed by atoms with E-state index < -0.39 is 0 Å². The van der Waals surface area contributed by atoms with Crippen molar-refractivity contribution in [2.75, 3.05) is 0 Å². The van der Waals surface area contributed by atoms with E-state index >= 15 is 0 Å². The molecule has 0 saturated carbocycles. The highest BCUT2D eigenvalue weighted by Gasteiger charge is 2.10. The summed E-state index contributed by atoms with van der Waals surface area (Å²) in [5.74, 6) is 0. The van der Waals surface area contributed by atoms with Crippen LogP contribution in [-0.2, 0) is 13.1 Å². The number of hydrogen-bond acceptors (Lipinski definition) is 2. The molecule has 2 aromatic rings. The maximum atomic E-state index is 12.2. The van der Waals surface area contributed by atoms with Crippen molar-refractivity contribution in [3.05, 3.63) is 45.1 Å². The first-order chi connectivity index (χ1) is 8.20. The minimum absolute atomic E-state index is 0.194. The zero-order valence-corrected chi connectivity index (χ0v) is 10.1. The molecule has 0 N–H and O–H groups in total. The Bertz CT molecular complexity index is 652. The Labute approximate surface area is 99.1 Å². The van der Waals surface area contributed by atoms with Gasteiger partial charge >= 0.3 is 5.69 Å². The number of nitrogens with zero attached hydrogens (tertiary/aromatic N) is 2. The second-order valence-electron chi connectivity index (χ2n) is 4.00. The monoisotopic (exact) mass is 232 g/mol. The molecule has 0 unspecified atom stereocenters. The number of hydrogen-bond donors (Lipinski definition) is 0. The van der Waals surface area contributed by atoms with E-state index in [4.69, 9.17) is 0 Å². The van der Waals surface area contributed by atoms with Gasteiger partial charge in [0.1, 0.15) is 0 Å². The highest BCUT2D eigenvalue weighted by Crippen LogP contribution is 2.07. The molecular weight excluding hydrogens is 216 g/mol. The van der Waals surface area contributed by atoms with Gasteiger partial charge in [0.15, 0.2) is 0 Å². The lowest BCUT2D eigenvalue weighted by atomic mass is 10.2. The quantitative estimate of drug-likeness (QED) is 0.806. The van der Waals surface area contributed by atoms with Crippen molar-refractivity contribution < 1.29 is 0 Å². The van der Waals surface area contributed by atoms with Crippen LogP contribution in [0.15, 0.2) is 33.9 Å². The van der Waals surface area contributed by atoms with Crippen LogP contribution in [0.4, 0.5) is 0 Å². The minimum atomic E-state index is -0.210. The second kappa shape index (κ2) is 4.57. The van der Waals surface area contributed by atoms with Gasteiger partial charge in [-0.05, 0) is 25.5 Å². The Balaban J connectivity index is 2.96. The lowest BCUT2D eigenvalue weighted by Crippen LogP contribution is -2.39. The van der Waals surface area contributed by atoms with Gasteiger partial charge in [0.25, 0.3) is 5.56 Å². The SMILES string of the molecule is CCCn1c(=O)n(CC)c(=O)c2ccccc21. The van der Waals surface area contributed by atoms with E-state index in [1.54, 1.807) is 10.6 Å². The highest BCUT2D eigenvalue weighted by molar-refractivity contribution is 5.77. The zero-order chi connectivity index (χ0) is 12.4. The van der Waals surface area contributed by atoms with Gasteiger partial charge in [-0.15, -0.1) is 0 Å². The fourth-order valence-corrected chi connectivity index (χ4v) is 2.09. The van der Waals surface area contributed by atoms with Crippen LogP contribution in [0.2, 0.25) is 0 Å². The lowest BCUT2D eigenvalue weighted by molar-refractivity contribution is 0.583. The Morgan fingerprint density at radius 1 is 1.06 bits per heavy atom. The molecule has 0 aliphatic carbocycles. The molecule has 0 spiro atoms. The topological polar surface area (TPSA) is 44.0 Å². The number of aromatic nitrogens is 2. The molecule has 90 valence electrons. The predicted octanol–water partition coefficient (Wildman–Crippen LogP) is 1.59. The summed E-state index contributed by atoms with van der Waals surface area (Å²) in [5.41, 5.74) is 0.326. The molecule has 17 heavy (non-hydrogen) atoms. The van der Waals surface area contributed by atoms with Gasteiger partial charge in [-0.2, -0.15) is 0 Å². The largest absolute Gasteiger partial charge is 0.331 e. The molecule has 0 aliphatic heterocycles. The molecule has 1 heterocycles. The molecule has 0 aliphatic rings. The predicted molar refractivity (Wildman–Crippen MR) is 68.4 cm³/mol. The summed E-state index contributed by atoms with van der Waals surface area (Å²) in [6.45, 7) is 4.88. The molecule has 1 aromatic heterocycles. The molecule has 4 heteroatoms. The Kier molecular flexibility index (Phi) is 3.13. The van der Waals surface area contributed by atoms with Gasteiger partial charge in [-0.3, -0.25) is 13.9 Å². The summed E-state index contributed by atoms with van der Waals surface area (Å²) in [6, 6.07) is 7.28. The van der Waals surface area contributed by atoms with Crippen molar-refractivity contribution in [2.45, 2.75) is 33.4 Å². The number of aryl methyl sites for hydroxylation is 1. The minimum Gasteiger partial charge on any atom is -0.293 e. The van der Waals surface area contributed by atoms with Crippen LogP contribution >= 0.6 is 0 Å². The van der Waals surface area contributed by atoms with Gasteiger partial charge in [0.2, 0.25) is 0 Å². The number of benzene rings is 1. The zero-order valence-electron chi connectivity index (χ0n) is 10.1. The Morgan fingerprint density at radius 2 is 1.76 bits per heavy atom. The summed E-state index contributed by atoms with van der Waals surface area (Å²) >= 11 is 0. The summed E-state index contributed by atoms with van der Waals surface area (Å²) in [5, 5.41) is 0.613. The molecule has 0 atom stereocenters. The fraction of sp³-hybridized carbons (Fsp3) is 0.385. The normalized spacial score (nSPS) is 10.9. The average Bonchev–Trinajstić information content (AvgIpc) is 2.35. The van der Waals surface area contributed by atoms with Crippen LogP contribution in [0.25, 0.3) is 10.9 Å². The molecule has 0 radical (unpaired) electrons. The molecule has 0 fully saturated rings. The average molecular weight is 232 g/mol. The molecule has 2 rings (SSSR count). The first-order valence-electron chi connectivity index (χ1n) is 5.93. The van der Waals surface area contributed by atoms with Crippen molar-refractivity contribution in [1.29, 1.82) is 0 Å². The van der Waals surface area contributed by atoms with Gasteiger partial charge in [0.05, 0.1) is 10.9 Å². The van der Waals surface area contributed by atoms with Crippen LogP contribution in [0, 0.1) is 0 Å². The van der Waals surface area contributed by atoms with Crippen LogP contribution in [0.3, 0.4) is 0 Å². The van der Waals surface area contributed by atoms with Crippen molar-refractivity contribution in [3.8, 4) is 0 Å². The lowest BCUT2D eigenvalue weighted by Gasteiger charge is -2.11. The molecule has 0 saturated heterocycles. The van der Waals surface area contributed by atoms with E-state index in [1.807, 2.05) is 32.0 Å². The molecule has 1 aromatic carbocycles. The second-order valence-corrected chi connectivity index (χ2v) is 4.00. The van der Waals surface area contributed by atoms with Crippen molar-refractivity contribution >= 4 is 10.9 Å². The molecule has 4 nitrogen and oxygen atoms in total. The van der Waals surface area contributed by atoms with E-state index in [1.165, 1.54) is 4.57 Å². The smallest absolute Gasteiger partial charge is 0.293 e. The molecule has 0 amide bonds. The summed E-state index contributed by atoms with van der Waals surface area (Å²) < 4.78 is 2.97. The van der Waals surface area contributed by atoms with Gasteiger partial charge in [-0.25, -0.2) is 4.79 Å². The van der Waals surface area contributed by atoms with E-state index in [9.17, 15) is 9.59 Å². The molecular formula is C13H16N2O2. The Hall–Kier alpha value is -1.84. The third-order valence-electron chi connectivity index (χ3n) is 2.90. The maximum absolute atomic E-state index is 12.2. The van der Waals surface area contributed by atoms with Crippen LogP contribution in [0.5, 0.6) is 0 Å². The van der Waals surface area contributed by atoms with Gasteiger partial charge in [0, 0.05) is 13.1 Å². The number of rotatable bonds is 3. The van der Waals surface area contributed by atoms with E-state index in [-0.39, 0.29) is 11.2 Å². The standard InChI is InChI=1S/C13H16N2O2/c1-3-9-15-11-8-6-5-7-10(11)12(16)14(4-2)13(15)17/h5-8H,3-4,9H2,1-2H3. The Morgan fingerprint density at radius 3 is 2.41 bits per heavy atom. The van der Waals surface area contributed by atoms with Crippen LogP contribution in [0.1, 0.15) is 20.3 Å². The number of fused-ring (bicyclic) bond motifs is 1. The third kappa shape index (κ3) is 1.79. The highest BCUT2D eigenvalue weighted by atomic mass is 16.2. The number of para-hydroxylation sites is 1. The third-order valence-corrected chi connectivity index (χ3v) is 2.90. The van der Waals surface area contributed by atoms with Crippen LogP contribution in [-0.4, -0.2) is 9.13 Å². The van der Waals surface area contributed by atoms with E-state index in [0.29, 0.717) is 18.5 Å². The first kappa shape index (κ1) is 11.6. The summed E-state index contributed by atoms with van der Waals surface area (Å²) in [7, 11) is 0. The van der Waals surface area contributed by atoms with Gasteiger partial charge < -0.3 is 0 Å². The fourth-order valence-electron chi connectivity index (χ4n) is 2.09. The molecule has 0 bridgehead atoms. The van der Waals surface area contributed by atoms with E-state index in [2.05, 4.69) is 0 Å². The van der Waals surface area contributed by atoms with Crippen LogP contribution < -0.4 is 11.2 Å². The van der Waals surface area contributed by atoms with E-state index in [0.717, 1.165) is 11.9 Å². The summed E-state index contributed by atoms with van der Waals surface area (Å²) in [6.07, 6.45) is 0.867. The van der Waals surface area contributed by atoms with Crippen molar-refractivity contribution in [3.63, 3.8) is 0 Å². The summed E-state index contributed by atoms with van der Waals surface area (Å²) in [4.78, 5) is 24.2. The van der Waals surface area contributed by atoms with Crippen molar-refractivity contribution in [2.24, 2.45) is 0 Å². The first-order valence-corrected chi connectivity index (χ1v) is 5.93. The maximum Gasteiger partial charge on any atom is 0.331 e. The van der Waals surface area contributed by atoms with Crippen molar-refractivity contribution in [1.82, 2.24) is 9.13 Å².